The zero-order valence-electron chi connectivity index (χ0n) is 13.8. The third kappa shape index (κ3) is 3.19. The van der Waals surface area contributed by atoms with E-state index in [0.29, 0.717) is 13.1 Å². The van der Waals surface area contributed by atoms with Crippen LogP contribution in [0.4, 0.5) is 4.39 Å². The normalized spacial score (nSPS) is 18.7. The van der Waals surface area contributed by atoms with Crippen molar-refractivity contribution < 1.29 is 18.8 Å². The highest BCUT2D eigenvalue weighted by molar-refractivity contribution is 5.99. The number of benzene rings is 1. The highest BCUT2D eigenvalue weighted by Crippen LogP contribution is 2.30. The Morgan fingerprint density at radius 2 is 2.17 bits per heavy atom. The van der Waals surface area contributed by atoms with Crippen LogP contribution in [-0.2, 0) is 0 Å². The lowest BCUT2D eigenvalue weighted by Crippen LogP contribution is -2.46. The average molecular weight is 332 g/mol. The molecule has 0 bridgehead atoms. The first kappa shape index (κ1) is 16.6. The minimum Gasteiger partial charge on any atom is -0.390 e. The third-order valence-corrected chi connectivity index (χ3v) is 4.63. The Kier molecular flexibility index (Phi) is 4.41. The number of nitrogens with zero attached hydrogens (tertiary/aromatic N) is 2. The molecule has 1 aliphatic heterocycles. The number of amides is 1. The van der Waals surface area contributed by atoms with E-state index in [9.17, 15) is 14.3 Å². The fraction of sp³-hybridized carbons (Fsp3) is 0.444. The minimum atomic E-state index is -0.845. The SMILES string of the molecule is CC(C)(O)C1CCCN(C(=O)c2cnoc2-c2ccccc2F)C1. The van der Waals surface area contributed by atoms with Crippen molar-refractivity contribution >= 4 is 5.91 Å². The topological polar surface area (TPSA) is 66.6 Å². The molecule has 1 amide bonds. The van der Waals surface area contributed by atoms with Crippen LogP contribution in [0.15, 0.2) is 35.0 Å². The van der Waals surface area contributed by atoms with Gasteiger partial charge in [0.05, 0.1) is 17.4 Å². The fourth-order valence-electron chi connectivity index (χ4n) is 3.14. The van der Waals surface area contributed by atoms with Gasteiger partial charge in [0.1, 0.15) is 11.4 Å². The molecule has 1 fully saturated rings. The lowest BCUT2D eigenvalue weighted by Gasteiger charge is -2.38. The molecule has 1 aromatic heterocycles. The lowest BCUT2D eigenvalue weighted by molar-refractivity contribution is -0.0146. The molecule has 2 heterocycles. The molecule has 0 aliphatic carbocycles. The second-order valence-electron chi connectivity index (χ2n) is 6.79. The molecule has 0 saturated carbocycles. The number of carbonyl (C=O) groups excluding carboxylic acids is 1. The summed E-state index contributed by atoms with van der Waals surface area (Å²) in [5.41, 5.74) is -0.381. The number of hydrogen-bond donors (Lipinski definition) is 1. The summed E-state index contributed by atoms with van der Waals surface area (Å²) in [6, 6.07) is 6.13. The zero-order valence-corrected chi connectivity index (χ0v) is 13.8. The Hall–Kier alpha value is -2.21. The number of aliphatic hydroxyl groups is 1. The van der Waals surface area contributed by atoms with Crippen molar-refractivity contribution in [1.82, 2.24) is 10.1 Å². The zero-order chi connectivity index (χ0) is 17.3. The van der Waals surface area contributed by atoms with E-state index in [4.69, 9.17) is 4.52 Å². The number of aromatic nitrogens is 1. The number of likely N-dealkylation sites (tertiary alicyclic amines) is 1. The minimum absolute atomic E-state index is 0.00646. The maximum atomic E-state index is 14.0. The van der Waals surface area contributed by atoms with Crippen LogP contribution in [0, 0.1) is 11.7 Å². The molecule has 128 valence electrons. The summed E-state index contributed by atoms with van der Waals surface area (Å²) in [6.07, 6.45) is 3.02. The molecule has 24 heavy (non-hydrogen) atoms. The van der Waals surface area contributed by atoms with Crippen LogP contribution >= 0.6 is 0 Å². The molecular weight excluding hydrogens is 311 g/mol. The maximum Gasteiger partial charge on any atom is 0.259 e. The third-order valence-electron chi connectivity index (χ3n) is 4.63. The van der Waals surface area contributed by atoms with E-state index in [-0.39, 0.29) is 28.7 Å². The molecule has 1 aliphatic rings. The first-order valence-electron chi connectivity index (χ1n) is 8.09. The van der Waals surface area contributed by atoms with Gasteiger partial charge in [0.15, 0.2) is 5.76 Å². The molecule has 5 nitrogen and oxygen atoms in total. The molecule has 6 heteroatoms. The average Bonchev–Trinajstić information content (AvgIpc) is 3.03. The van der Waals surface area contributed by atoms with Crippen LogP contribution in [0.3, 0.4) is 0 Å². The predicted octanol–water partition coefficient (Wildman–Crippen LogP) is 3.10. The second kappa shape index (κ2) is 6.36. The van der Waals surface area contributed by atoms with Gasteiger partial charge in [0.25, 0.3) is 5.91 Å². The van der Waals surface area contributed by atoms with Crippen LogP contribution in [0.1, 0.15) is 37.0 Å². The Balaban J connectivity index is 1.87. The molecule has 1 atom stereocenters. The van der Waals surface area contributed by atoms with E-state index in [0.717, 1.165) is 12.8 Å². The Morgan fingerprint density at radius 1 is 1.42 bits per heavy atom. The summed E-state index contributed by atoms with van der Waals surface area (Å²) in [5.74, 6) is -0.560. The maximum absolute atomic E-state index is 14.0. The Morgan fingerprint density at radius 3 is 2.88 bits per heavy atom. The standard InChI is InChI=1S/C18H21FN2O3/c1-18(2,23)12-6-5-9-21(11-12)17(22)14-10-20-24-16(14)13-7-3-4-8-15(13)19/h3-4,7-8,10,12,23H,5-6,9,11H2,1-2H3. The summed E-state index contributed by atoms with van der Waals surface area (Å²) in [4.78, 5) is 14.5. The molecular formula is C18H21FN2O3. The van der Waals surface area contributed by atoms with Crippen LogP contribution in [0.2, 0.25) is 0 Å². The number of halogens is 1. The summed E-state index contributed by atoms with van der Waals surface area (Å²) in [5, 5.41) is 13.9. The van der Waals surface area contributed by atoms with E-state index in [1.165, 1.54) is 12.3 Å². The van der Waals surface area contributed by atoms with E-state index in [2.05, 4.69) is 5.16 Å². The Bertz CT molecular complexity index is 736. The summed E-state index contributed by atoms with van der Waals surface area (Å²) >= 11 is 0. The molecule has 0 spiro atoms. The van der Waals surface area contributed by atoms with Crippen LogP contribution < -0.4 is 0 Å². The van der Waals surface area contributed by atoms with Crippen molar-refractivity contribution in [3.05, 3.63) is 41.8 Å². The van der Waals surface area contributed by atoms with E-state index < -0.39 is 11.4 Å². The van der Waals surface area contributed by atoms with Gasteiger partial charge in [-0.05, 0) is 38.8 Å². The molecule has 1 unspecified atom stereocenters. The van der Waals surface area contributed by atoms with Gasteiger partial charge in [0.2, 0.25) is 0 Å². The number of hydrogen-bond acceptors (Lipinski definition) is 4. The predicted molar refractivity (Wildman–Crippen MR) is 86.8 cm³/mol. The summed E-state index contributed by atoms with van der Waals surface area (Å²) in [6.45, 7) is 4.59. The number of rotatable bonds is 3. The van der Waals surface area contributed by atoms with E-state index in [1.54, 1.807) is 36.9 Å². The smallest absolute Gasteiger partial charge is 0.259 e. The molecule has 3 rings (SSSR count). The summed E-state index contributed by atoms with van der Waals surface area (Å²) in [7, 11) is 0. The highest BCUT2D eigenvalue weighted by Gasteiger charge is 2.34. The van der Waals surface area contributed by atoms with Gasteiger partial charge in [-0.2, -0.15) is 0 Å². The molecule has 1 N–H and O–H groups in total. The van der Waals surface area contributed by atoms with Crippen molar-refractivity contribution in [3.63, 3.8) is 0 Å². The van der Waals surface area contributed by atoms with Crippen LogP contribution in [0.25, 0.3) is 11.3 Å². The van der Waals surface area contributed by atoms with Gasteiger partial charge in [-0.1, -0.05) is 17.3 Å². The van der Waals surface area contributed by atoms with Crippen LogP contribution in [-0.4, -0.2) is 39.8 Å². The molecule has 1 aromatic carbocycles. The van der Waals surface area contributed by atoms with Gasteiger partial charge in [-0.3, -0.25) is 4.79 Å². The van der Waals surface area contributed by atoms with Crippen LogP contribution in [0.5, 0.6) is 0 Å². The van der Waals surface area contributed by atoms with Gasteiger partial charge >= 0.3 is 0 Å². The number of piperidine rings is 1. The van der Waals surface area contributed by atoms with Crippen molar-refractivity contribution in [2.45, 2.75) is 32.3 Å². The largest absolute Gasteiger partial charge is 0.390 e. The van der Waals surface area contributed by atoms with Crippen molar-refractivity contribution in [2.75, 3.05) is 13.1 Å². The quantitative estimate of drug-likeness (QED) is 0.938. The van der Waals surface area contributed by atoms with Gasteiger partial charge in [-0.15, -0.1) is 0 Å². The van der Waals surface area contributed by atoms with Gasteiger partial charge in [-0.25, -0.2) is 4.39 Å². The lowest BCUT2D eigenvalue weighted by atomic mass is 9.84. The van der Waals surface area contributed by atoms with Crippen molar-refractivity contribution in [2.24, 2.45) is 5.92 Å². The van der Waals surface area contributed by atoms with Gasteiger partial charge in [0, 0.05) is 19.0 Å². The molecule has 2 aromatic rings. The molecule has 0 radical (unpaired) electrons. The Labute approximate surface area is 140 Å². The first-order valence-corrected chi connectivity index (χ1v) is 8.09. The number of carbonyl (C=O) groups is 1. The van der Waals surface area contributed by atoms with Gasteiger partial charge < -0.3 is 14.5 Å². The molecule has 1 saturated heterocycles. The van der Waals surface area contributed by atoms with E-state index >= 15 is 0 Å². The highest BCUT2D eigenvalue weighted by atomic mass is 19.1. The first-order chi connectivity index (χ1) is 11.4. The summed E-state index contributed by atoms with van der Waals surface area (Å²) < 4.78 is 19.2. The fourth-order valence-corrected chi connectivity index (χ4v) is 3.14. The second-order valence-corrected chi connectivity index (χ2v) is 6.79. The monoisotopic (exact) mass is 332 g/mol. The van der Waals surface area contributed by atoms with Crippen molar-refractivity contribution in [1.29, 1.82) is 0 Å². The van der Waals surface area contributed by atoms with Crippen molar-refractivity contribution in [3.8, 4) is 11.3 Å². The van der Waals surface area contributed by atoms with E-state index in [1.807, 2.05) is 0 Å².